The molecular weight excluding hydrogens is 302 g/mol. The molecule has 0 bridgehead atoms. The summed E-state index contributed by atoms with van der Waals surface area (Å²) in [7, 11) is 0. The molecule has 1 aliphatic heterocycles. The van der Waals surface area contributed by atoms with E-state index in [2.05, 4.69) is 27.8 Å². The lowest BCUT2D eigenvalue weighted by Crippen LogP contribution is -2.38. The molecule has 0 aromatic carbocycles. The number of carbonyl (C=O) groups excluding carboxylic acids is 1. The summed E-state index contributed by atoms with van der Waals surface area (Å²) in [6, 6.07) is 2.94. The van der Waals surface area contributed by atoms with Gasteiger partial charge in [-0.3, -0.25) is 4.79 Å². The van der Waals surface area contributed by atoms with Crippen LogP contribution in [0.1, 0.15) is 23.8 Å². The van der Waals surface area contributed by atoms with Gasteiger partial charge >= 0.3 is 5.82 Å². The molecule has 1 aromatic heterocycles. The smallest absolute Gasteiger partial charge is 0.321 e. The molecule has 6 nitrogen and oxygen atoms in total. The number of halogens is 1. The Labute approximate surface area is 113 Å². The van der Waals surface area contributed by atoms with Crippen molar-refractivity contribution in [1.29, 1.82) is 0 Å². The summed E-state index contributed by atoms with van der Waals surface area (Å²) in [5.41, 5.74) is 0.279. The third-order valence-corrected chi connectivity index (χ3v) is 4.06. The van der Waals surface area contributed by atoms with Crippen LogP contribution in [0.25, 0.3) is 0 Å². The second-order valence-corrected chi connectivity index (χ2v) is 5.15. The fraction of sp³-hybridized carbons (Fsp3) is 0.545. The molecule has 0 saturated carbocycles. The van der Waals surface area contributed by atoms with Crippen LogP contribution in [0, 0.1) is 16.0 Å². The maximum absolute atomic E-state index is 12.2. The maximum atomic E-state index is 12.2. The number of carbonyl (C=O) groups is 1. The Morgan fingerprint density at radius 2 is 2.39 bits per heavy atom. The van der Waals surface area contributed by atoms with Crippen LogP contribution in [0.5, 0.6) is 0 Å². The highest BCUT2D eigenvalue weighted by Crippen LogP contribution is 2.27. The molecule has 2 heterocycles. The zero-order chi connectivity index (χ0) is 13.3. The first-order valence-corrected chi connectivity index (χ1v) is 6.87. The second kappa shape index (κ2) is 5.09. The maximum Gasteiger partial charge on any atom is 0.321 e. The topological polar surface area (TPSA) is 79.2 Å². The van der Waals surface area contributed by atoms with Crippen molar-refractivity contribution in [2.24, 2.45) is 5.92 Å². The number of nitrogens with one attached hydrogen (secondary N) is 1. The number of aromatic amines is 1. The van der Waals surface area contributed by atoms with Crippen molar-refractivity contribution in [3.05, 3.63) is 27.9 Å². The SMILES string of the molecule is CC1CCN(C(=O)c2ccc([N+](=O)[O-])[nH]2)C1CBr. The predicted octanol–water partition coefficient (Wildman–Crippen LogP) is 2.17. The van der Waals surface area contributed by atoms with Gasteiger partial charge in [-0.25, -0.2) is 4.98 Å². The van der Waals surface area contributed by atoms with E-state index in [4.69, 9.17) is 0 Å². The fourth-order valence-electron chi connectivity index (χ4n) is 2.27. The lowest BCUT2D eigenvalue weighted by molar-refractivity contribution is -0.389. The first-order chi connectivity index (χ1) is 8.54. The van der Waals surface area contributed by atoms with Crippen LogP contribution in [0.3, 0.4) is 0 Å². The highest BCUT2D eigenvalue weighted by molar-refractivity contribution is 9.09. The van der Waals surface area contributed by atoms with Crippen molar-refractivity contribution in [3.8, 4) is 0 Å². The van der Waals surface area contributed by atoms with Crippen LogP contribution in [0.4, 0.5) is 5.82 Å². The van der Waals surface area contributed by atoms with Crippen LogP contribution in [0.2, 0.25) is 0 Å². The van der Waals surface area contributed by atoms with Crippen LogP contribution < -0.4 is 0 Å². The summed E-state index contributed by atoms with van der Waals surface area (Å²) in [4.78, 5) is 26.6. The Bertz CT molecular complexity index is 474. The van der Waals surface area contributed by atoms with E-state index in [0.29, 0.717) is 12.5 Å². The molecule has 1 saturated heterocycles. The van der Waals surface area contributed by atoms with Gasteiger partial charge in [0.05, 0.1) is 0 Å². The number of amides is 1. The Balaban J connectivity index is 2.18. The third kappa shape index (κ3) is 2.27. The zero-order valence-corrected chi connectivity index (χ0v) is 11.5. The van der Waals surface area contributed by atoms with Crippen LogP contribution >= 0.6 is 15.9 Å². The lowest BCUT2D eigenvalue weighted by atomic mass is 10.1. The molecule has 2 rings (SSSR count). The molecular formula is C11H14BrN3O3. The zero-order valence-electron chi connectivity index (χ0n) is 9.93. The molecule has 1 amide bonds. The van der Waals surface area contributed by atoms with Gasteiger partial charge in [0.2, 0.25) is 0 Å². The molecule has 98 valence electrons. The van der Waals surface area contributed by atoms with E-state index in [9.17, 15) is 14.9 Å². The summed E-state index contributed by atoms with van der Waals surface area (Å²) < 4.78 is 0. The average molecular weight is 316 g/mol. The molecule has 1 N–H and O–H groups in total. The van der Waals surface area contributed by atoms with Crippen molar-refractivity contribution < 1.29 is 9.72 Å². The number of nitrogens with zero attached hydrogens (tertiary/aromatic N) is 2. The molecule has 2 unspecified atom stereocenters. The minimum atomic E-state index is -0.536. The van der Waals surface area contributed by atoms with Crippen LogP contribution in [-0.2, 0) is 0 Å². The Morgan fingerprint density at radius 1 is 1.67 bits per heavy atom. The van der Waals surface area contributed by atoms with E-state index in [1.807, 2.05) is 0 Å². The molecule has 0 aliphatic carbocycles. The number of aromatic nitrogens is 1. The number of alkyl halides is 1. The summed E-state index contributed by atoms with van der Waals surface area (Å²) in [5, 5.41) is 11.3. The van der Waals surface area contributed by atoms with Gasteiger partial charge in [-0.05, 0) is 23.3 Å². The number of nitro groups is 1. The van der Waals surface area contributed by atoms with Gasteiger partial charge in [-0.2, -0.15) is 0 Å². The number of hydrogen-bond donors (Lipinski definition) is 1. The van der Waals surface area contributed by atoms with E-state index >= 15 is 0 Å². The van der Waals surface area contributed by atoms with Crippen LogP contribution in [0.15, 0.2) is 12.1 Å². The highest BCUT2D eigenvalue weighted by Gasteiger charge is 2.35. The van der Waals surface area contributed by atoms with Crippen molar-refractivity contribution in [2.45, 2.75) is 19.4 Å². The Morgan fingerprint density at radius 3 is 2.94 bits per heavy atom. The van der Waals surface area contributed by atoms with E-state index < -0.39 is 4.92 Å². The molecule has 0 radical (unpaired) electrons. The van der Waals surface area contributed by atoms with E-state index in [1.165, 1.54) is 12.1 Å². The monoisotopic (exact) mass is 315 g/mol. The van der Waals surface area contributed by atoms with Crippen molar-refractivity contribution in [2.75, 3.05) is 11.9 Å². The molecule has 0 spiro atoms. The van der Waals surface area contributed by atoms with E-state index in [-0.39, 0.29) is 23.5 Å². The van der Waals surface area contributed by atoms with Crippen molar-refractivity contribution >= 4 is 27.7 Å². The number of likely N-dealkylation sites (tertiary alicyclic amines) is 1. The molecule has 7 heteroatoms. The normalized spacial score (nSPS) is 23.3. The standard InChI is InChI=1S/C11H14BrN3O3/c1-7-4-5-14(9(7)6-12)11(16)8-2-3-10(13-8)15(17)18/h2-3,7,9,13H,4-6H2,1H3. The second-order valence-electron chi connectivity index (χ2n) is 4.50. The van der Waals surface area contributed by atoms with E-state index in [0.717, 1.165) is 11.8 Å². The molecule has 1 aliphatic rings. The summed E-state index contributed by atoms with van der Waals surface area (Å²) in [6.07, 6.45) is 0.963. The van der Waals surface area contributed by atoms with Gasteiger partial charge < -0.3 is 15.0 Å². The van der Waals surface area contributed by atoms with Gasteiger partial charge in [0.1, 0.15) is 0 Å². The molecule has 1 aromatic rings. The quantitative estimate of drug-likeness (QED) is 0.527. The number of rotatable bonds is 3. The van der Waals surface area contributed by atoms with Gasteiger partial charge in [0, 0.05) is 24.0 Å². The number of H-pyrrole nitrogens is 1. The molecule has 2 atom stereocenters. The summed E-state index contributed by atoms with van der Waals surface area (Å²) >= 11 is 3.41. The van der Waals surface area contributed by atoms with Gasteiger partial charge in [0.15, 0.2) is 5.69 Å². The summed E-state index contributed by atoms with van der Waals surface area (Å²) in [6.45, 7) is 2.81. The highest BCUT2D eigenvalue weighted by atomic mass is 79.9. The van der Waals surface area contributed by atoms with E-state index in [1.54, 1.807) is 4.90 Å². The van der Waals surface area contributed by atoms with Gasteiger partial charge in [0.25, 0.3) is 5.91 Å². The number of hydrogen-bond acceptors (Lipinski definition) is 3. The van der Waals surface area contributed by atoms with Crippen molar-refractivity contribution in [1.82, 2.24) is 9.88 Å². The summed E-state index contributed by atoms with van der Waals surface area (Å²) in [5.74, 6) is 0.121. The largest absolute Gasteiger partial charge is 0.358 e. The van der Waals surface area contributed by atoms with Gasteiger partial charge in [-0.1, -0.05) is 22.9 Å². The Hall–Kier alpha value is -1.37. The first kappa shape index (κ1) is 13.1. The third-order valence-electron chi connectivity index (χ3n) is 3.40. The Kier molecular flexibility index (Phi) is 3.70. The molecule has 1 fully saturated rings. The lowest BCUT2D eigenvalue weighted by Gasteiger charge is -2.23. The van der Waals surface area contributed by atoms with Gasteiger partial charge in [-0.15, -0.1) is 0 Å². The first-order valence-electron chi connectivity index (χ1n) is 5.75. The molecule has 18 heavy (non-hydrogen) atoms. The predicted molar refractivity (Wildman–Crippen MR) is 69.8 cm³/mol. The fourth-order valence-corrected chi connectivity index (χ4v) is 3.25. The average Bonchev–Trinajstić information content (AvgIpc) is 2.94. The van der Waals surface area contributed by atoms with Crippen molar-refractivity contribution in [3.63, 3.8) is 0 Å². The minimum absolute atomic E-state index is 0.152. The van der Waals surface area contributed by atoms with Crippen LogP contribution in [-0.4, -0.2) is 38.6 Å². The minimum Gasteiger partial charge on any atom is -0.358 e.